The number of nitrogens with one attached hydrogen (secondary N) is 1. The van der Waals surface area contributed by atoms with E-state index in [0.717, 1.165) is 23.9 Å². The first-order valence-electron chi connectivity index (χ1n) is 5.51. The van der Waals surface area contributed by atoms with Crippen molar-refractivity contribution in [2.75, 3.05) is 11.9 Å². The van der Waals surface area contributed by atoms with Gasteiger partial charge in [0.05, 0.1) is 0 Å². The summed E-state index contributed by atoms with van der Waals surface area (Å²) in [6.45, 7) is 3.17. The first-order chi connectivity index (χ1) is 7.29. The summed E-state index contributed by atoms with van der Waals surface area (Å²) in [6.07, 6.45) is 4.85. The summed E-state index contributed by atoms with van der Waals surface area (Å²) in [6, 6.07) is 0. The number of halogens is 1. The summed E-state index contributed by atoms with van der Waals surface area (Å²) in [5.41, 5.74) is 0. The van der Waals surface area contributed by atoms with Gasteiger partial charge < -0.3 is 5.32 Å². The van der Waals surface area contributed by atoms with Crippen LogP contribution in [0.2, 0.25) is 0 Å². The van der Waals surface area contributed by atoms with E-state index in [1.807, 2.05) is 0 Å². The predicted octanol–water partition coefficient (Wildman–Crippen LogP) is 3.39. The minimum Gasteiger partial charge on any atom is -0.360 e. The van der Waals surface area contributed by atoms with E-state index in [1.165, 1.54) is 30.8 Å². The second-order valence-corrected chi connectivity index (χ2v) is 6.00. The summed E-state index contributed by atoms with van der Waals surface area (Å²) in [4.78, 5) is 5.09. The van der Waals surface area contributed by atoms with E-state index >= 15 is 0 Å². The molecule has 1 heterocycles. The highest BCUT2D eigenvalue weighted by Crippen LogP contribution is 2.39. The minimum absolute atomic E-state index is 0.612. The number of hydrogen-bond donors (Lipinski definition) is 1. The van der Waals surface area contributed by atoms with Crippen LogP contribution in [0.15, 0.2) is 0 Å². The third-order valence-corrected chi connectivity index (χ3v) is 4.35. The lowest BCUT2D eigenvalue weighted by molar-refractivity contribution is 0.774. The van der Waals surface area contributed by atoms with Gasteiger partial charge in [0.2, 0.25) is 5.13 Å². The van der Waals surface area contributed by atoms with Crippen molar-refractivity contribution in [3.8, 4) is 0 Å². The highest BCUT2D eigenvalue weighted by molar-refractivity contribution is 9.09. The molecule has 0 saturated heterocycles. The van der Waals surface area contributed by atoms with E-state index in [0.29, 0.717) is 10.7 Å². The Morgan fingerprint density at radius 1 is 1.60 bits per heavy atom. The average molecular weight is 290 g/mol. The normalized spacial score (nSPS) is 17.7. The van der Waals surface area contributed by atoms with Crippen molar-refractivity contribution >= 4 is 32.6 Å². The van der Waals surface area contributed by atoms with Crippen LogP contribution in [0, 0.1) is 0 Å². The van der Waals surface area contributed by atoms with Crippen molar-refractivity contribution in [1.82, 2.24) is 9.36 Å². The van der Waals surface area contributed by atoms with E-state index < -0.39 is 0 Å². The maximum Gasteiger partial charge on any atom is 0.202 e. The molecule has 1 aliphatic carbocycles. The zero-order valence-corrected chi connectivity index (χ0v) is 11.3. The van der Waals surface area contributed by atoms with Crippen LogP contribution in [-0.4, -0.2) is 20.7 Å². The van der Waals surface area contributed by atoms with Crippen molar-refractivity contribution < 1.29 is 0 Å². The van der Waals surface area contributed by atoms with Crippen LogP contribution in [-0.2, 0) is 0 Å². The lowest BCUT2D eigenvalue weighted by Crippen LogP contribution is -2.07. The van der Waals surface area contributed by atoms with Crippen LogP contribution in [0.3, 0.4) is 0 Å². The predicted molar refractivity (Wildman–Crippen MR) is 68.0 cm³/mol. The summed E-state index contributed by atoms with van der Waals surface area (Å²) in [7, 11) is 0. The fourth-order valence-electron chi connectivity index (χ4n) is 1.35. The molecule has 1 saturated carbocycles. The van der Waals surface area contributed by atoms with Crippen molar-refractivity contribution in [1.29, 1.82) is 0 Å². The van der Waals surface area contributed by atoms with Crippen molar-refractivity contribution in [3.63, 3.8) is 0 Å². The van der Waals surface area contributed by atoms with Gasteiger partial charge in [-0.1, -0.05) is 22.9 Å². The molecule has 1 aromatic heterocycles. The topological polar surface area (TPSA) is 37.8 Å². The Labute approximate surface area is 103 Å². The molecule has 84 valence electrons. The molecule has 1 N–H and O–H groups in total. The van der Waals surface area contributed by atoms with Gasteiger partial charge in [0.15, 0.2) is 0 Å². The minimum atomic E-state index is 0.612. The molecule has 0 spiro atoms. The highest BCUT2D eigenvalue weighted by Gasteiger charge is 2.27. The Morgan fingerprint density at radius 3 is 3.07 bits per heavy atom. The quantitative estimate of drug-likeness (QED) is 0.816. The molecule has 3 nitrogen and oxygen atoms in total. The Bertz CT molecular complexity index is 311. The molecule has 0 aromatic carbocycles. The number of hydrogen-bond acceptors (Lipinski definition) is 4. The fourth-order valence-corrected chi connectivity index (χ4v) is 2.25. The molecule has 0 aliphatic heterocycles. The molecule has 2 rings (SSSR count). The molecule has 1 aliphatic rings. The van der Waals surface area contributed by atoms with Crippen LogP contribution >= 0.6 is 27.5 Å². The van der Waals surface area contributed by atoms with Crippen molar-refractivity contribution in [2.45, 2.75) is 43.4 Å². The number of anilines is 1. The van der Waals surface area contributed by atoms with Crippen LogP contribution in [0.1, 0.15) is 44.3 Å². The van der Waals surface area contributed by atoms with Gasteiger partial charge in [0, 0.05) is 28.8 Å². The zero-order chi connectivity index (χ0) is 10.7. The van der Waals surface area contributed by atoms with E-state index in [-0.39, 0.29) is 0 Å². The first kappa shape index (κ1) is 11.3. The molecule has 0 radical (unpaired) electrons. The smallest absolute Gasteiger partial charge is 0.202 e. The van der Waals surface area contributed by atoms with Gasteiger partial charge in [-0.15, -0.1) is 0 Å². The van der Waals surface area contributed by atoms with E-state index in [2.05, 4.69) is 37.5 Å². The van der Waals surface area contributed by atoms with Gasteiger partial charge in [0.25, 0.3) is 0 Å². The van der Waals surface area contributed by atoms with Gasteiger partial charge in [-0.3, -0.25) is 0 Å². The lowest BCUT2D eigenvalue weighted by atomic mass is 10.2. The van der Waals surface area contributed by atoms with Crippen LogP contribution in [0.4, 0.5) is 5.13 Å². The molecule has 1 aromatic rings. The third-order valence-electron chi connectivity index (χ3n) is 2.56. The molecule has 15 heavy (non-hydrogen) atoms. The maximum atomic E-state index is 4.48. The van der Waals surface area contributed by atoms with Crippen LogP contribution < -0.4 is 5.32 Å². The second kappa shape index (κ2) is 5.25. The number of nitrogens with zero attached hydrogens (tertiary/aromatic N) is 2. The number of aromatic nitrogens is 2. The molecule has 5 heteroatoms. The average Bonchev–Trinajstić information content (AvgIpc) is 2.99. The van der Waals surface area contributed by atoms with Crippen LogP contribution in [0.5, 0.6) is 0 Å². The molecular formula is C10H16BrN3S. The summed E-state index contributed by atoms with van der Waals surface area (Å²) >= 11 is 5.11. The van der Waals surface area contributed by atoms with Gasteiger partial charge in [0.1, 0.15) is 5.82 Å². The van der Waals surface area contributed by atoms with Crippen LogP contribution in [0.25, 0.3) is 0 Å². The zero-order valence-electron chi connectivity index (χ0n) is 8.87. The monoisotopic (exact) mass is 289 g/mol. The molecule has 1 fully saturated rings. The van der Waals surface area contributed by atoms with Crippen molar-refractivity contribution in [2.24, 2.45) is 0 Å². The molecule has 0 bridgehead atoms. The first-order valence-corrected chi connectivity index (χ1v) is 7.20. The SMILES string of the molecule is CCC(Br)CCNc1nc(C2CC2)ns1. The third kappa shape index (κ3) is 3.41. The summed E-state index contributed by atoms with van der Waals surface area (Å²) < 4.78 is 4.35. The summed E-state index contributed by atoms with van der Waals surface area (Å²) in [5, 5.41) is 4.31. The second-order valence-electron chi connectivity index (χ2n) is 3.95. The van der Waals surface area contributed by atoms with E-state index in [4.69, 9.17) is 0 Å². The molecule has 0 amide bonds. The molecule has 1 unspecified atom stereocenters. The van der Waals surface area contributed by atoms with Gasteiger partial charge in [-0.2, -0.15) is 4.37 Å². The van der Waals surface area contributed by atoms with E-state index in [9.17, 15) is 0 Å². The molecular weight excluding hydrogens is 274 g/mol. The summed E-state index contributed by atoms with van der Waals surface area (Å²) in [5.74, 6) is 1.71. The Morgan fingerprint density at radius 2 is 2.40 bits per heavy atom. The Kier molecular flexibility index (Phi) is 3.97. The Hall–Kier alpha value is -0.160. The molecule has 1 atom stereocenters. The number of alkyl halides is 1. The number of rotatable bonds is 6. The van der Waals surface area contributed by atoms with E-state index in [1.54, 1.807) is 0 Å². The lowest BCUT2D eigenvalue weighted by Gasteiger charge is -2.05. The Balaban J connectivity index is 1.73. The van der Waals surface area contributed by atoms with Gasteiger partial charge in [-0.25, -0.2) is 4.98 Å². The highest BCUT2D eigenvalue weighted by atomic mass is 79.9. The van der Waals surface area contributed by atoms with Gasteiger partial charge in [-0.05, 0) is 25.7 Å². The standard InChI is InChI=1S/C10H16BrN3S/c1-2-8(11)5-6-12-10-13-9(14-15-10)7-3-4-7/h7-8H,2-6H2,1H3,(H,12,13,14). The van der Waals surface area contributed by atoms with Crippen molar-refractivity contribution in [3.05, 3.63) is 5.82 Å². The van der Waals surface area contributed by atoms with Gasteiger partial charge >= 0.3 is 0 Å². The maximum absolute atomic E-state index is 4.48. The largest absolute Gasteiger partial charge is 0.360 e. The fraction of sp³-hybridized carbons (Fsp3) is 0.800.